The van der Waals surface area contributed by atoms with Crippen LogP contribution in [0.3, 0.4) is 0 Å². The van der Waals surface area contributed by atoms with Crippen LogP contribution >= 0.6 is 0 Å². The number of benzene rings is 6. The molecule has 0 atom stereocenters. The van der Waals surface area contributed by atoms with Gasteiger partial charge in [-0.25, -0.2) is 15.0 Å². The van der Waals surface area contributed by atoms with Gasteiger partial charge in [0.15, 0.2) is 17.5 Å². The molecule has 0 amide bonds. The summed E-state index contributed by atoms with van der Waals surface area (Å²) >= 11 is 0. The van der Waals surface area contributed by atoms with E-state index in [2.05, 4.69) is 104 Å². The van der Waals surface area contributed by atoms with Gasteiger partial charge in [0, 0.05) is 16.7 Å². The summed E-state index contributed by atoms with van der Waals surface area (Å²) in [6.07, 6.45) is 0. The van der Waals surface area contributed by atoms with Gasteiger partial charge in [-0.1, -0.05) is 159 Å². The molecule has 0 N–H and O–H groups in total. The van der Waals surface area contributed by atoms with Crippen molar-refractivity contribution >= 4 is 18.4 Å². The van der Waals surface area contributed by atoms with Crippen molar-refractivity contribution in [3.63, 3.8) is 0 Å². The van der Waals surface area contributed by atoms with Gasteiger partial charge >= 0.3 is 0 Å². The van der Waals surface area contributed by atoms with E-state index in [1.54, 1.807) is 5.19 Å². The second-order valence-electron chi connectivity index (χ2n) is 12.1. The van der Waals surface area contributed by atoms with Crippen LogP contribution in [-0.2, 0) is 0 Å². The van der Waals surface area contributed by atoms with Gasteiger partial charge in [-0.05, 0) is 49.8 Å². The van der Waals surface area contributed by atoms with Crippen molar-refractivity contribution < 1.29 is 0 Å². The molecule has 7 aromatic rings. The maximum atomic E-state index is 4.87. The molecule has 1 aromatic heterocycles. The van der Waals surface area contributed by atoms with E-state index in [-0.39, 0.29) is 0 Å². The number of rotatable bonds is 5. The van der Waals surface area contributed by atoms with Gasteiger partial charge in [-0.3, -0.25) is 0 Å². The van der Waals surface area contributed by atoms with Gasteiger partial charge in [0.2, 0.25) is 0 Å². The Morgan fingerprint density at radius 2 is 0.711 bits per heavy atom. The number of fused-ring (bicyclic) bond motifs is 3. The van der Waals surface area contributed by atoms with Crippen molar-refractivity contribution in [3.05, 3.63) is 152 Å². The number of hydrogen-bond acceptors (Lipinski definition) is 3. The molecule has 0 saturated heterocycles. The van der Waals surface area contributed by atoms with Crippen LogP contribution in [-0.4, -0.2) is 23.0 Å². The van der Waals surface area contributed by atoms with Gasteiger partial charge in [0.25, 0.3) is 0 Å². The van der Waals surface area contributed by atoms with Crippen molar-refractivity contribution in [2.75, 3.05) is 0 Å². The average Bonchev–Trinajstić information content (AvgIpc) is 3.34. The lowest BCUT2D eigenvalue weighted by molar-refractivity contribution is 1.07. The van der Waals surface area contributed by atoms with Gasteiger partial charge in [0.05, 0.1) is 0 Å². The van der Waals surface area contributed by atoms with Crippen molar-refractivity contribution in [1.82, 2.24) is 15.0 Å². The molecule has 214 valence electrons. The fraction of sp³-hybridized carbons (Fsp3) is 0.0488. The Morgan fingerprint density at radius 3 is 1.24 bits per heavy atom. The number of aromatic nitrogens is 3. The summed E-state index contributed by atoms with van der Waals surface area (Å²) in [5, 5.41) is 3.08. The topological polar surface area (TPSA) is 38.7 Å². The Labute approximate surface area is 265 Å². The molecule has 4 heteroatoms. The standard InChI is InChI=1S/C41H31N3Si/c1-45(2)37-16-10-9-15-35(37)36-27-34(25-26-38(36)45)30-19-17-28(18-20-30)29-21-23-33(24-22-29)41-43-39(31-11-5-3-6-12-31)42-40(44-41)32-13-7-4-8-14-32/h3-27H,1-2H3. The molecule has 0 unspecified atom stereocenters. The van der Waals surface area contributed by atoms with Crippen LogP contribution in [0.15, 0.2) is 152 Å². The molecule has 0 bridgehead atoms. The van der Waals surface area contributed by atoms with Crippen LogP contribution in [0.2, 0.25) is 13.1 Å². The van der Waals surface area contributed by atoms with E-state index in [0.29, 0.717) is 17.5 Å². The molecular weight excluding hydrogens is 563 g/mol. The third kappa shape index (κ3) is 4.90. The van der Waals surface area contributed by atoms with E-state index in [4.69, 9.17) is 15.0 Å². The molecule has 3 nitrogen and oxygen atoms in total. The predicted molar refractivity (Wildman–Crippen MR) is 189 cm³/mol. The van der Waals surface area contributed by atoms with Crippen LogP contribution in [0.25, 0.3) is 67.5 Å². The van der Waals surface area contributed by atoms with Crippen LogP contribution in [0.5, 0.6) is 0 Å². The Bertz CT molecular complexity index is 2100. The van der Waals surface area contributed by atoms with E-state index in [1.165, 1.54) is 33.0 Å². The Balaban J connectivity index is 1.09. The summed E-state index contributed by atoms with van der Waals surface area (Å²) in [4.78, 5) is 14.6. The summed E-state index contributed by atoms with van der Waals surface area (Å²) in [6, 6.07) is 53.6. The van der Waals surface area contributed by atoms with Crippen LogP contribution in [0.4, 0.5) is 0 Å². The molecule has 2 heterocycles. The summed E-state index contributed by atoms with van der Waals surface area (Å²) in [6.45, 7) is 4.92. The molecule has 8 rings (SSSR count). The van der Waals surface area contributed by atoms with Crippen LogP contribution in [0, 0.1) is 0 Å². The predicted octanol–water partition coefficient (Wildman–Crippen LogP) is 9.01. The average molecular weight is 594 g/mol. The Hall–Kier alpha value is -5.45. The highest BCUT2D eigenvalue weighted by Crippen LogP contribution is 2.33. The second kappa shape index (κ2) is 10.9. The van der Waals surface area contributed by atoms with Gasteiger partial charge < -0.3 is 0 Å². The highest BCUT2D eigenvalue weighted by Gasteiger charge is 2.37. The third-order valence-electron chi connectivity index (χ3n) is 8.98. The lowest BCUT2D eigenvalue weighted by Crippen LogP contribution is -2.49. The van der Waals surface area contributed by atoms with E-state index >= 15 is 0 Å². The lowest BCUT2D eigenvalue weighted by Gasteiger charge is -2.18. The van der Waals surface area contributed by atoms with Crippen molar-refractivity contribution in [3.8, 4) is 67.5 Å². The van der Waals surface area contributed by atoms with Crippen molar-refractivity contribution in [2.45, 2.75) is 13.1 Å². The van der Waals surface area contributed by atoms with Gasteiger partial charge in [-0.2, -0.15) is 0 Å². The first-order valence-corrected chi connectivity index (χ1v) is 18.4. The monoisotopic (exact) mass is 593 g/mol. The Kier molecular flexibility index (Phi) is 6.58. The molecule has 45 heavy (non-hydrogen) atoms. The number of nitrogens with zero attached hydrogens (tertiary/aromatic N) is 3. The van der Waals surface area contributed by atoms with Crippen molar-refractivity contribution in [1.29, 1.82) is 0 Å². The molecule has 0 spiro atoms. The molecule has 0 aliphatic carbocycles. The zero-order chi connectivity index (χ0) is 30.4. The SMILES string of the molecule is C[Si]1(C)c2ccccc2-c2cc(-c3ccc(-c4ccc(-c5nc(-c6ccccc6)nc(-c6ccccc6)n5)cc4)cc3)ccc21. The van der Waals surface area contributed by atoms with Gasteiger partial charge in [-0.15, -0.1) is 0 Å². The highest BCUT2D eigenvalue weighted by molar-refractivity contribution is 7.03. The normalized spacial score (nSPS) is 12.8. The molecule has 0 radical (unpaired) electrons. The summed E-state index contributed by atoms with van der Waals surface area (Å²) in [7, 11) is -1.64. The van der Waals surface area contributed by atoms with Crippen LogP contribution < -0.4 is 10.4 Å². The number of hydrogen-bond donors (Lipinski definition) is 0. The Morgan fingerprint density at radius 1 is 0.333 bits per heavy atom. The van der Waals surface area contributed by atoms with E-state index < -0.39 is 8.07 Å². The quantitative estimate of drug-likeness (QED) is 0.187. The zero-order valence-corrected chi connectivity index (χ0v) is 26.3. The third-order valence-corrected chi connectivity index (χ3v) is 12.5. The van der Waals surface area contributed by atoms with Gasteiger partial charge in [0.1, 0.15) is 8.07 Å². The lowest BCUT2D eigenvalue weighted by atomic mass is 9.97. The van der Waals surface area contributed by atoms with Crippen molar-refractivity contribution in [2.24, 2.45) is 0 Å². The highest BCUT2D eigenvalue weighted by atomic mass is 28.3. The minimum absolute atomic E-state index is 0.661. The minimum Gasteiger partial charge on any atom is -0.208 e. The largest absolute Gasteiger partial charge is 0.208 e. The molecule has 0 saturated carbocycles. The van der Waals surface area contributed by atoms with E-state index in [9.17, 15) is 0 Å². The maximum Gasteiger partial charge on any atom is 0.164 e. The molecular formula is C41H31N3Si. The fourth-order valence-corrected chi connectivity index (χ4v) is 9.58. The van der Waals surface area contributed by atoms with E-state index in [1.807, 2.05) is 60.7 Å². The first-order chi connectivity index (χ1) is 22.0. The molecule has 1 aliphatic heterocycles. The summed E-state index contributed by atoms with van der Waals surface area (Å²) < 4.78 is 0. The first kappa shape index (κ1) is 27.1. The van der Waals surface area contributed by atoms with Crippen LogP contribution in [0.1, 0.15) is 0 Å². The zero-order valence-electron chi connectivity index (χ0n) is 25.3. The maximum absolute atomic E-state index is 4.87. The second-order valence-corrected chi connectivity index (χ2v) is 16.5. The first-order valence-electron chi connectivity index (χ1n) is 15.4. The molecule has 1 aliphatic rings. The summed E-state index contributed by atoms with van der Waals surface area (Å²) in [5.74, 6) is 1.99. The molecule has 0 fully saturated rings. The fourth-order valence-electron chi connectivity index (χ4n) is 6.50. The minimum atomic E-state index is -1.64. The molecule has 6 aromatic carbocycles. The van der Waals surface area contributed by atoms with E-state index in [0.717, 1.165) is 22.3 Å². The smallest absolute Gasteiger partial charge is 0.164 e. The summed E-state index contributed by atoms with van der Waals surface area (Å²) in [5.41, 5.74) is 10.5.